The maximum atomic E-state index is 13.3. The predicted molar refractivity (Wildman–Crippen MR) is 95.1 cm³/mol. The van der Waals surface area contributed by atoms with Crippen LogP contribution in [0.5, 0.6) is 0 Å². The summed E-state index contributed by atoms with van der Waals surface area (Å²) in [4.78, 5) is 4.01. The summed E-state index contributed by atoms with van der Waals surface area (Å²) in [5, 5.41) is 8.25. The Morgan fingerprint density at radius 3 is 2.41 bits per heavy atom. The zero-order valence-electron chi connectivity index (χ0n) is 13.9. The van der Waals surface area contributed by atoms with Crippen LogP contribution in [0.4, 0.5) is 4.39 Å². The van der Waals surface area contributed by atoms with Gasteiger partial charge in [-0.1, -0.05) is 34.0 Å². The van der Waals surface area contributed by atoms with Crippen molar-refractivity contribution in [3.63, 3.8) is 0 Å². The smallest absolute Gasteiger partial charge is 0.163 e. The molecule has 4 aromatic rings. The molecule has 0 aliphatic rings. The fraction of sp³-hybridized carbons (Fsp3) is 0.105. The third-order valence-electron chi connectivity index (χ3n) is 3.76. The molecule has 3 aromatic heterocycles. The van der Waals surface area contributed by atoms with E-state index in [0.717, 1.165) is 0 Å². The van der Waals surface area contributed by atoms with Crippen molar-refractivity contribution in [1.82, 2.24) is 15.3 Å². The molecule has 0 spiro atoms. The molecule has 136 valence electrons. The Morgan fingerprint density at radius 2 is 1.67 bits per heavy atom. The van der Waals surface area contributed by atoms with Crippen LogP contribution in [0.25, 0.3) is 22.5 Å². The number of nitrogens with zero attached hydrogens (tertiary/aromatic N) is 3. The van der Waals surface area contributed by atoms with Crippen LogP contribution < -0.4 is 0 Å². The first-order valence-corrected chi connectivity index (χ1v) is 8.42. The normalized spacial score (nSPS) is 11.0. The Hall–Kier alpha value is -3.03. The van der Waals surface area contributed by atoms with Crippen molar-refractivity contribution >= 4 is 11.6 Å². The summed E-state index contributed by atoms with van der Waals surface area (Å²) in [5.41, 5.74) is 2.45. The summed E-state index contributed by atoms with van der Waals surface area (Å²) in [6.07, 6.45) is 1.60. The Balaban J connectivity index is 1.36. The lowest BCUT2D eigenvalue weighted by molar-refractivity contribution is 0.0727. The maximum absolute atomic E-state index is 13.3. The summed E-state index contributed by atoms with van der Waals surface area (Å²) < 4.78 is 29.3. The number of halogens is 2. The van der Waals surface area contributed by atoms with Gasteiger partial charge in [0.15, 0.2) is 11.5 Å². The number of hydrogen-bond donors (Lipinski definition) is 0. The van der Waals surface area contributed by atoms with E-state index in [2.05, 4.69) is 15.3 Å². The highest BCUT2D eigenvalue weighted by Gasteiger charge is 2.12. The van der Waals surface area contributed by atoms with E-state index < -0.39 is 0 Å². The quantitative estimate of drug-likeness (QED) is 0.439. The van der Waals surface area contributed by atoms with Crippen molar-refractivity contribution in [2.45, 2.75) is 13.2 Å². The molecule has 0 radical (unpaired) electrons. The molecule has 4 rings (SSSR count). The van der Waals surface area contributed by atoms with Crippen molar-refractivity contribution in [2.24, 2.45) is 0 Å². The van der Waals surface area contributed by atoms with Gasteiger partial charge in [-0.05, 0) is 24.3 Å². The second-order valence-corrected chi connectivity index (χ2v) is 6.06. The lowest BCUT2D eigenvalue weighted by Crippen LogP contribution is -1.91. The number of pyridine rings is 1. The van der Waals surface area contributed by atoms with Gasteiger partial charge >= 0.3 is 0 Å². The zero-order chi connectivity index (χ0) is 18.6. The van der Waals surface area contributed by atoms with E-state index in [-0.39, 0.29) is 19.0 Å². The summed E-state index contributed by atoms with van der Waals surface area (Å²) in [6.45, 7) is 0.382. The summed E-state index contributed by atoms with van der Waals surface area (Å²) in [7, 11) is 0. The topological polar surface area (TPSA) is 74.2 Å². The molecule has 0 atom stereocenters. The van der Waals surface area contributed by atoms with Gasteiger partial charge in [0, 0.05) is 29.5 Å². The first-order chi connectivity index (χ1) is 13.2. The molecule has 0 amide bonds. The molecule has 0 N–H and O–H groups in total. The minimum atomic E-state index is -0.330. The first-order valence-electron chi connectivity index (χ1n) is 8.05. The highest BCUT2D eigenvalue weighted by molar-refractivity contribution is 6.31. The van der Waals surface area contributed by atoms with E-state index >= 15 is 0 Å². The van der Waals surface area contributed by atoms with Gasteiger partial charge in [0.05, 0.1) is 0 Å². The molecule has 0 saturated carbocycles. The van der Waals surface area contributed by atoms with Gasteiger partial charge in [0.2, 0.25) is 0 Å². The van der Waals surface area contributed by atoms with E-state index in [9.17, 15) is 4.39 Å². The molecular weight excluding hydrogens is 373 g/mol. The number of ether oxygens (including phenoxy) is 1. The summed E-state index contributed by atoms with van der Waals surface area (Å²) >= 11 is 6.05. The van der Waals surface area contributed by atoms with E-state index in [1.807, 2.05) is 0 Å². The number of aromatic nitrogens is 3. The number of rotatable bonds is 6. The lowest BCUT2D eigenvalue weighted by Gasteiger charge is -1.97. The van der Waals surface area contributed by atoms with Crippen molar-refractivity contribution in [3.05, 3.63) is 77.2 Å². The van der Waals surface area contributed by atoms with E-state index in [4.69, 9.17) is 25.4 Å². The van der Waals surface area contributed by atoms with Gasteiger partial charge in [-0.25, -0.2) is 9.37 Å². The van der Waals surface area contributed by atoms with Gasteiger partial charge in [0.25, 0.3) is 0 Å². The van der Waals surface area contributed by atoms with Gasteiger partial charge in [-0.3, -0.25) is 0 Å². The van der Waals surface area contributed by atoms with Crippen molar-refractivity contribution < 1.29 is 18.2 Å². The molecule has 6 nitrogen and oxygen atoms in total. The third-order valence-corrected chi connectivity index (χ3v) is 4.06. The van der Waals surface area contributed by atoms with Crippen LogP contribution in [0.15, 0.2) is 63.8 Å². The fourth-order valence-electron chi connectivity index (χ4n) is 2.50. The average molecular weight is 386 g/mol. The second kappa shape index (κ2) is 7.69. The van der Waals surface area contributed by atoms with Crippen molar-refractivity contribution in [2.75, 3.05) is 0 Å². The van der Waals surface area contributed by atoms with Crippen LogP contribution in [0.2, 0.25) is 5.15 Å². The maximum Gasteiger partial charge on any atom is 0.163 e. The largest absolute Gasteiger partial charge is 0.365 e. The molecule has 3 heterocycles. The van der Waals surface area contributed by atoms with E-state index in [1.54, 1.807) is 42.6 Å². The van der Waals surface area contributed by atoms with Crippen LogP contribution in [-0.4, -0.2) is 15.3 Å². The Labute approximate surface area is 158 Å². The first kappa shape index (κ1) is 17.4. The molecule has 0 aliphatic heterocycles. The highest BCUT2D eigenvalue weighted by Crippen LogP contribution is 2.25. The number of hydrogen-bond acceptors (Lipinski definition) is 6. The van der Waals surface area contributed by atoms with Crippen LogP contribution in [0.3, 0.4) is 0 Å². The standard InChI is InChI=1S/C19H13ClFN3O3/c20-19-16(5-2-6-22-19)18-9-15(27-24-18)11-25-10-14-8-17(23-26-14)12-3-1-4-13(21)7-12/h1-9H,10-11H2. The van der Waals surface area contributed by atoms with E-state index in [1.165, 1.54) is 12.1 Å². The van der Waals surface area contributed by atoms with Gasteiger partial charge in [-0.15, -0.1) is 0 Å². The molecule has 27 heavy (non-hydrogen) atoms. The van der Waals surface area contributed by atoms with Crippen molar-refractivity contribution in [1.29, 1.82) is 0 Å². The third kappa shape index (κ3) is 4.05. The van der Waals surface area contributed by atoms with Gasteiger partial charge in [0.1, 0.15) is 35.6 Å². The van der Waals surface area contributed by atoms with Crippen LogP contribution in [0, 0.1) is 5.82 Å². The highest BCUT2D eigenvalue weighted by atomic mass is 35.5. The average Bonchev–Trinajstić information content (AvgIpc) is 3.32. The SMILES string of the molecule is Fc1cccc(-c2cc(COCc3cc(-c4cccnc4Cl)no3)on2)c1. The van der Waals surface area contributed by atoms with Gasteiger partial charge < -0.3 is 13.8 Å². The van der Waals surface area contributed by atoms with Crippen LogP contribution >= 0.6 is 11.6 Å². The summed E-state index contributed by atoms with van der Waals surface area (Å²) in [5.74, 6) is 0.724. The fourth-order valence-corrected chi connectivity index (χ4v) is 2.72. The Morgan fingerprint density at radius 1 is 0.926 bits per heavy atom. The van der Waals surface area contributed by atoms with Crippen LogP contribution in [-0.2, 0) is 18.0 Å². The van der Waals surface area contributed by atoms with Crippen molar-refractivity contribution in [3.8, 4) is 22.5 Å². The minimum absolute atomic E-state index is 0.187. The Kier molecular flexibility index (Phi) is 4.95. The number of benzene rings is 1. The molecule has 0 bridgehead atoms. The molecular formula is C19H13ClFN3O3. The monoisotopic (exact) mass is 385 g/mol. The van der Waals surface area contributed by atoms with Crippen LogP contribution in [0.1, 0.15) is 11.5 Å². The lowest BCUT2D eigenvalue weighted by atomic mass is 10.1. The molecule has 0 fully saturated rings. The Bertz CT molecular complexity index is 1060. The van der Waals surface area contributed by atoms with Gasteiger partial charge in [-0.2, -0.15) is 0 Å². The molecule has 0 aliphatic carbocycles. The van der Waals surface area contributed by atoms with E-state index in [0.29, 0.717) is 39.2 Å². The molecule has 0 unspecified atom stereocenters. The summed E-state index contributed by atoms with van der Waals surface area (Å²) in [6, 6.07) is 13.2. The zero-order valence-corrected chi connectivity index (χ0v) is 14.7. The predicted octanol–water partition coefficient (Wildman–Crippen LogP) is 4.90. The minimum Gasteiger partial charge on any atom is -0.365 e. The molecule has 8 heteroatoms. The molecule has 0 saturated heterocycles. The second-order valence-electron chi connectivity index (χ2n) is 5.70. The molecule has 1 aromatic carbocycles.